The highest BCUT2D eigenvalue weighted by Crippen LogP contribution is 2.30. The van der Waals surface area contributed by atoms with Crippen LogP contribution in [0.25, 0.3) is 10.4 Å². The molecule has 0 radical (unpaired) electrons. The van der Waals surface area contributed by atoms with Crippen LogP contribution in [0, 0.1) is 0 Å². The summed E-state index contributed by atoms with van der Waals surface area (Å²) >= 11 is 0. The fraction of sp³-hybridized carbons (Fsp3) is 0.385. The Labute approximate surface area is 148 Å². The molecule has 0 saturated carbocycles. The first kappa shape index (κ1) is 17.6. The van der Waals surface area contributed by atoms with Gasteiger partial charge in [0.1, 0.15) is 18.4 Å². The summed E-state index contributed by atoms with van der Waals surface area (Å²) in [6.45, 7) is -0.143. The number of aliphatic imine (C=N–C) groups is 1. The lowest BCUT2D eigenvalue weighted by atomic mass is 10.1. The van der Waals surface area contributed by atoms with Gasteiger partial charge in [0, 0.05) is 17.3 Å². The van der Waals surface area contributed by atoms with Crippen molar-refractivity contribution in [3.05, 3.63) is 47.1 Å². The molecule has 0 unspecified atom stereocenters. The van der Waals surface area contributed by atoms with Gasteiger partial charge in [-0.1, -0.05) is 5.11 Å². The molecule has 136 valence electrons. The summed E-state index contributed by atoms with van der Waals surface area (Å²) in [6.07, 6.45) is 7.33. The molecule has 13 nitrogen and oxygen atoms in total. The van der Waals surface area contributed by atoms with Gasteiger partial charge in [0.25, 0.3) is 0 Å². The summed E-state index contributed by atoms with van der Waals surface area (Å²) in [6, 6.07) is 1.33. The summed E-state index contributed by atoms with van der Waals surface area (Å²) < 4.78 is 5.67. The number of aliphatic hydroxyl groups is 1. The summed E-state index contributed by atoms with van der Waals surface area (Å²) in [5, 5.41) is 19.8. The predicted octanol–water partition coefficient (Wildman–Crippen LogP) is -0.558. The van der Waals surface area contributed by atoms with Crippen LogP contribution in [0.5, 0.6) is 0 Å². The van der Waals surface area contributed by atoms with Crippen molar-refractivity contribution in [2.75, 3.05) is 6.61 Å². The van der Waals surface area contributed by atoms with E-state index < -0.39 is 12.3 Å². The molecule has 3 aliphatic heterocycles. The van der Waals surface area contributed by atoms with Crippen molar-refractivity contribution in [3.63, 3.8) is 0 Å². The van der Waals surface area contributed by atoms with Gasteiger partial charge in [0.15, 0.2) is 12.1 Å². The van der Waals surface area contributed by atoms with E-state index in [9.17, 15) is 5.11 Å². The van der Waals surface area contributed by atoms with Gasteiger partial charge in [-0.05, 0) is 18.0 Å². The maximum absolute atomic E-state index is 9.19. The Bertz CT molecular complexity index is 719. The van der Waals surface area contributed by atoms with Crippen LogP contribution in [0.15, 0.2) is 51.9 Å². The van der Waals surface area contributed by atoms with Crippen molar-refractivity contribution in [2.24, 2.45) is 21.1 Å². The quantitative estimate of drug-likeness (QED) is 0.279. The third kappa shape index (κ3) is 3.70. The molecule has 4 heterocycles. The number of nitrogens with one attached hydrogen (secondary N) is 1. The second-order valence-corrected chi connectivity index (χ2v) is 5.33. The minimum atomic E-state index is -0.586. The molecule has 1 fully saturated rings. The smallest absolute Gasteiger partial charge is 0.197 e. The van der Waals surface area contributed by atoms with Gasteiger partial charge in [0.2, 0.25) is 0 Å². The van der Waals surface area contributed by atoms with Gasteiger partial charge in [-0.2, -0.15) is 0 Å². The van der Waals surface area contributed by atoms with E-state index in [0.717, 1.165) is 0 Å². The average molecular weight is 359 g/mol. The van der Waals surface area contributed by atoms with Gasteiger partial charge in [-0.3, -0.25) is 0 Å². The van der Waals surface area contributed by atoms with Crippen LogP contribution in [-0.2, 0) is 4.74 Å². The van der Waals surface area contributed by atoms with Crippen molar-refractivity contribution in [3.8, 4) is 0 Å². The molecule has 0 amide bonds. The van der Waals surface area contributed by atoms with Crippen molar-refractivity contribution >= 4 is 12.2 Å². The van der Waals surface area contributed by atoms with E-state index >= 15 is 0 Å². The van der Waals surface area contributed by atoms with Crippen LogP contribution in [0.3, 0.4) is 0 Å². The number of nitrogens with zero attached hydrogens (tertiary/aromatic N) is 9. The summed E-state index contributed by atoms with van der Waals surface area (Å²) in [5.74, 6) is 6.19. The van der Waals surface area contributed by atoms with E-state index in [1.807, 2.05) is 0 Å². The number of hydrazone groups is 1. The Morgan fingerprint density at radius 3 is 2.88 bits per heavy atom. The fourth-order valence-corrected chi connectivity index (χ4v) is 2.56. The van der Waals surface area contributed by atoms with Crippen molar-refractivity contribution in [2.45, 2.75) is 24.8 Å². The molecule has 4 N–H and O–H groups in total. The van der Waals surface area contributed by atoms with Crippen molar-refractivity contribution in [1.29, 1.82) is 0 Å². The number of hydrazine groups is 2. The number of fused-ring (bicyclic) bond motifs is 1. The van der Waals surface area contributed by atoms with Gasteiger partial charge in [-0.25, -0.2) is 36.4 Å². The molecule has 0 aliphatic carbocycles. The number of nitrogens with two attached hydrogens (primary N) is 1. The molecule has 4 rings (SSSR count). The monoisotopic (exact) mass is 359 g/mol. The molecule has 1 saturated heterocycles. The lowest BCUT2D eigenvalue weighted by molar-refractivity contribution is -0.0711. The molecule has 0 spiro atoms. The number of hydrogen-bond acceptors (Lipinski definition) is 11. The van der Waals surface area contributed by atoms with Crippen LogP contribution in [0.1, 0.15) is 6.42 Å². The third-order valence-corrected chi connectivity index (χ3v) is 3.69. The third-order valence-electron chi connectivity index (χ3n) is 3.69. The SMILES string of the molecule is [N-]=[N+]=N[C@H]1C[C@@H](CO)O[C@H]1N1NN=C2C1=CN=CN2N.c1cncnc1. The van der Waals surface area contributed by atoms with Crippen LogP contribution in [0.4, 0.5) is 0 Å². The minimum absolute atomic E-state index is 0.143. The number of aliphatic hydroxyl groups excluding tert-OH is 1. The number of amidine groups is 1. The van der Waals surface area contributed by atoms with Gasteiger partial charge in [0.05, 0.1) is 25.0 Å². The lowest BCUT2D eigenvalue weighted by Gasteiger charge is -2.29. The molecular formula is C13H17N11O2. The van der Waals surface area contributed by atoms with Crippen LogP contribution in [-0.4, -0.2) is 62.2 Å². The Morgan fingerprint density at radius 2 is 2.27 bits per heavy atom. The fourth-order valence-electron chi connectivity index (χ4n) is 2.56. The van der Waals surface area contributed by atoms with E-state index in [4.69, 9.17) is 16.1 Å². The minimum Gasteiger partial charge on any atom is -0.394 e. The first-order chi connectivity index (χ1) is 12.7. The Kier molecular flexibility index (Phi) is 5.56. The second-order valence-electron chi connectivity index (χ2n) is 5.33. The molecule has 26 heavy (non-hydrogen) atoms. The topological polar surface area (TPSA) is 173 Å². The Morgan fingerprint density at radius 1 is 1.46 bits per heavy atom. The van der Waals surface area contributed by atoms with Crippen LogP contribution in [0.2, 0.25) is 0 Å². The van der Waals surface area contributed by atoms with Crippen molar-refractivity contribution < 1.29 is 9.84 Å². The number of hydrogen-bond donors (Lipinski definition) is 3. The second kappa shape index (κ2) is 8.22. The van der Waals surface area contributed by atoms with E-state index in [-0.39, 0.29) is 12.7 Å². The summed E-state index contributed by atoms with van der Waals surface area (Å²) in [4.78, 5) is 14.1. The zero-order valence-electron chi connectivity index (χ0n) is 13.6. The van der Waals surface area contributed by atoms with E-state index in [2.05, 4.69) is 35.6 Å². The summed E-state index contributed by atoms with van der Waals surface area (Å²) in [7, 11) is 0. The van der Waals surface area contributed by atoms with Gasteiger partial charge < -0.3 is 9.84 Å². The van der Waals surface area contributed by atoms with E-state index in [0.29, 0.717) is 18.0 Å². The highest BCUT2D eigenvalue weighted by molar-refractivity contribution is 6.05. The number of azide groups is 1. The number of ether oxygens (including phenoxy) is 1. The van der Waals surface area contributed by atoms with Gasteiger partial charge in [-0.15, -0.1) is 5.10 Å². The highest BCUT2D eigenvalue weighted by Gasteiger charge is 2.43. The van der Waals surface area contributed by atoms with E-state index in [1.54, 1.807) is 29.7 Å². The highest BCUT2D eigenvalue weighted by atomic mass is 16.5. The standard InChI is InChI=1S/C9H13N9O2.C4H4N2/c10-15-13-6-1-5(3-19)20-9(6)18-7-2-12-4-17(11)8(7)14-16-18;1-2-5-4-6-3-1/h2,4-6,9,16,19H,1,3,11H2;1-4H/t5-,6-,9+;/m0./s1. The molecule has 0 bridgehead atoms. The molecule has 1 aromatic rings. The molecule has 3 aliphatic rings. The molecule has 3 atom stereocenters. The average Bonchev–Trinajstić information content (AvgIpc) is 3.28. The molecule has 0 aromatic carbocycles. The maximum atomic E-state index is 9.19. The molecule has 13 heteroatoms. The Hall–Kier alpha value is -3.25. The lowest BCUT2D eigenvalue weighted by Crippen LogP contribution is -2.47. The van der Waals surface area contributed by atoms with Crippen LogP contribution < -0.4 is 11.4 Å². The number of rotatable bonds is 3. The van der Waals surface area contributed by atoms with Gasteiger partial charge >= 0.3 is 0 Å². The Balaban J connectivity index is 0.000000278. The first-order valence-electron chi connectivity index (χ1n) is 7.65. The number of aromatic nitrogens is 2. The molecular weight excluding hydrogens is 342 g/mol. The normalized spacial score (nSPS) is 26.0. The first-order valence-corrected chi connectivity index (χ1v) is 7.65. The van der Waals surface area contributed by atoms with Crippen LogP contribution >= 0.6 is 0 Å². The zero-order chi connectivity index (χ0) is 18.4. The predicted molar refractivity (Wildman–Crippen MR) is 90.3 cm³/mol. The maximum Gasteiger partial charge on any atom is 0.197 e. The van der Waals surface area contributed by atoms with E-state index in [1.165, 1.54) is 17.7 Å². The molecule has 1 aromatic heterocycles. The largest absolute Gasteiger partial charge is 0.394 e. The summed E-state index contributed by atoms with van der Waals surface area (Å²) in [5.41, 5.74) is 12.0. The van der Waals surface area contributed by atoms with Crippen molar-refractivity contribution in [1.82, 2.24) is 25.5 Å². The zero-order valence-corrected chi connectivity index (χ0v) is 13.6.